The number of carboxylic acid groups (broad SMARTS) is 1. The number of carbonyl (C=O) groups is 2. The molecule has 2 aliphatic rings. The maximum atomic E-state index is 12.0. The molecule has 1 aliphatic heterocycles. The molecule has 0 spiro atoms. The van der Waals surface area contributed by atoms with Gasteiger partial charge in [0.2, 0.25) is 5.91 Å². The van der Waals surface area contributed by atoms with Crippen LogP contribution in [0.5, 0.6) is 0 Å². The van der Waals surface area contributed by atoms with Crippen LogP contribution in [0, 0.1) is 5.92 Å². The van der Waals surface area contributed by atoms with E-state index < -0.39 is 11.5 Å². The second-order valence-corrected chi connectivity index (χ2v) is 5.12. The average Bonchev–Trinajstić information content (AvgIpc) is 2.86. The lowest BCUT2D eigenvalue weighted by Crippen LogP contribution is -2.52. The van der Waals surface area contributed by atoms with Gasteiger partial charge in [0.05, 0.1) is 18.6 Å². The summed E-state index contributed by atoms with van der Waals surface area (Å²) in [6, 6.07) is 0. The number of aliphatic carboxylic acids is 1. The summed E-state index contributed by atoms with van der Waals surface area (Å²) in [4.78, 5) is 22.9. The molecule has 1 atom stereocenters. The van der Waals surface area contributed by atoms with E-state index in [1.807, 2.05) is 0 Å². The summed E-state index contributed by atoms with van der Waals surface area (Å²) in [6.07, 6.45) is 4.59. The van der Waals surface area contributed by atoms with E-state index in [0.717, 1.165) is 25.7 Å². The van der Waals surface area contributed by atoms with Gasteiger partial charge in [-0.05, 0) is 19.3 Å². The van der Waals surface area contributed by atoms with Crippen LogP contribution in [0.3, 0.4) is 0 Å². The number of hydrogen-bond acceptors (Lipinski definition) is 3. The largest absolute Gasteiger partial charge is 0.481 e. The second-order valence-electron chi connectivity index (χ2n) is 5.12. The third-order valence-electron chi connectivity index (χ3n) is 3.71. The van der Waals surface area contributed by atoms with Crippen LogP contribution in [0.15, 0.2) is 0 Å². The Morgan fingerprint density at radius 1 is 1.35 bits per heavy atom. The molecule has 0 bridgehead atoms. The van der Waals surface area contributed by atoms with E-state index in [2.05, 4.69) is 5.32 Å². The van der Waals surface area contributed by atoms with E-state index in [4.69, 9.17) is 9.84 Å². The maximum Gasteiger partial charge on any atom is 0.305 e. The number of nitrogens with one attached hydrogen (secondary N) is 1. The highest BCUT2D eigenvalue weighted by atomic mass is 16.5. The van der Waals surface area contributed by atoms with E-state index in [-0.39, 0.29) is 18.2 Å². The van der Waals surface area contributed by atoms with Gasteiger partial charge in [0.1, 0.15) is 0 Å². The van der Waals surface area contributed by atoms with E-state index in [1.165, 1.54) is 0 Å². The first kappa shape index (κ1) is 12.4. The maximum absolute atomic E-state index is 12.0. The first-order valence-electron chi connectivity index (χ1n) is 6.23. The molecule has 1 saturated heterocycles. The van der Waals surface area contributed by atoms with Crippen LogP contribution in [0.25, 0.3) is 0 Å². The Morgan fingerprint density at radius 2 is 2.06 bits per heavy atom. The second kappa shape index (κ2) is 5.04. The molecule has 2 N–H and O–H groups in total. The Hall–Kier alpha value is -1.10. The summed E-state index contributed by atoms with van der Waals surface area (Å²) in [5.41, 5.74) is -0.675. The number of rotatable bonds is 4. The lowest BCUT2D eigenvalue weighted by Gasteiger charge is -2.28. The van der Waals surface area contributed by atoms with Crippen molar-refractivity contribution in [1.82, 2.24) is 5.32 Å². The SMILES string of the molecule is O=C(O)CC1(NC(=O)C2CCCC2)CCOC1. The number of amides is 1. The fourth-order valence-corrected chi connectivity index (χ4v) is 2.73. The fraction of sp³-hybridized carbons (Fsp3) is 0.833. The van der Waals surface area contributed by atoms with Gasteiger partial charge in [-0.2, -0.15) is 0 Å². The molecule has 2 rings (SSSR count). The molecule has 1 heterocycles. The molecule has 0 aromatic rings. The van der Waals surface area contributed by atoms with Crippen molar-refractivity contribution in [2.75, 3.05) is 13.2 Å². The number of ether oxygens (including phenoxy) is 1. The zero-order valence-corrected chi connectivity index (χ0v) is 9.91. The molecule has 1 saturated carbocycles. The third-order valence-corrected chi connectivity index (χ3v) is 3.71. The Kier molecular flexibility index (Phi) is 3.66. The van der Waals surface area contributed by atoms with Crippen LogP contribution in [-0.4, -0.2) is 35.7 Å². The molecular formula is C12H19NO4. The number of carbonyl (C=O) groups excluding carboxylic acids is 1. The van der Waals surface area contributed by atoms with Gasteiger partial charge in [-0.1, -0.05) is 12.8 Å². The average molecular weight is 241 g/mol. The molecule has 5 nitrogen and oxygen atoms in total. The summed E-state index contributed by atoms with van der Waals surface area (Å²) >= 11 is 0. The molecule has 2 fully saturated rings. The standard InChI is InChI=1S/C12H19NO4/c14-10(15)7-12(5-6-17-8-12)13-11(16)9-3-1-2-4-9/h9H,1-8H2,(H,13,16)(H,14,15). The number of carboxylic acids is 1. The van der Waals surface area contributed by atoms with Crippen LogP contribution in [-0.2, 0) is 14.3 Å². The van der Waals surface area contributed by atoms with Crippen LogP contribution in [0.2, 0.25) is 0 Å². The Balaban J connectivity index is 1.97. The van der Waals surface area contributed by atoms with Gasteiger partial charge in [0.15, 0.2) is 0 Å². The van der Waals surface area contributed by atoms with Gasteiger partial charge in [0, 0.05) is 12.5 Å². The number of hydrogen-bond donors (Lipinski definition) is 2. The Labute approximate surface area is 101 Å². The molecule has 5 heteroatoms. The molecular weight excluding hydrogens is 222 g/mol. The molecule has 0 aromatic carbocycles. The molecule has 0 radical (unpaired) electrons. The van der Waals surface area contributed by atoms with Gasteiger partial charge in [-0.15, -0.1) is 0 Å². The van der Waals surface area contributed by atoms with E-state index in [9.17, 15) is 9.59 Å². The minimum atomic E-state index is -0.887. The molecule has 17 heavy (non-hydrogen) atoms. The molecule has 1 unspecified atom stereocenters. The Morgan fingerprint density at radius 3 is 2.59 bits per heavy atom. The third kappa shape index (κ3) is 2.97. The molecule has 1 amide bonds. The van der Waals surface area contributed by atoms with E-state index in [1.54, 1.807) is 0 Å². The van der Waals surface area contributed by atoms with Crippen LogP contribution >= 0.6 is 0 Å². The van der Waals surface area contributed by atoms with E-state index in [0.29, 0.717) is 19.6 Å². The van der Waals surface area contributed by atoms with Gasteiger partial charge in [-0.25, -0.2) is 0 Å². The molecule has 0 aromatic heterocycles. The van der Waals surface area contributed by atoms with Gasteiger partial charge >= 0.3 is 5.97 Å². The normalized spacial score (nSPS) is 29.4. The Bertz CT molecular complexity index is 304. The van der Waals surface area contributed by atoms with Crippen molar-refractivity contribution < 1.29 is 19.4 Å². The lowest BCUT2D eigenvalue weighted by molar-refractivity contribution is -0.139. The van der Waals surface area contributed by atoms with Crippen molar-refractivity contribution in [3.63, 3.8) is 0 Å². The van der Waals surface area contributed by atoms with Gasteiger partial charge in [-0.3, -0.25) is 9.59 Å². The van der Waals surface area contributed by atoms with Crippen LogP contribution in [0.1, 0.15) is 38.5 Å². The highest BCUT2D eigenvalue weighted by molar-refractivity contribution is 5.81. The first-order valence-corrected chi connectivity index (χ1v) is 6.23. The van der Waals surface area contributed by atoms with Crippen molar-refractivity contribution in [2.45, 2.75) is 44.1 Å². The summed E-state index contributed by atoms with van der Waals surface area (Å²) < 4.78 is 5.25. The zero-order valence-electron chi connectivity index (χ0n) is 9.91. The zero-order chi connectivity index (χ0) is 12.3. The monoisotopic (exact) mass is 241 g/mol. The summed E-state index contributed by atoms with van der Waals surface area (Å²) in [5, 5.41) is 11.8. The van der Waals surface area contributed by atoms with Crippen molar-refractivity contribution in [1.29, 1.82) is 0 Å². The quantitative estimate of drug-likeness (QED) is 0.767. The minimum absolute atomic E-state index is 0.00856. The summed E-state index contributed by atoms with van der Waals surface area (Å²) in [7, 11) is 0. The highest BCUT2D eigenvalue weighted by Gasteiger charge is 2.40. The molecule has 1 aliphatic carbocycles. The molecule has 96 valence electrons. The van der Waals surface area contributed by atoms with E-state index >= 15 is 0 Å². The predicted molar refractivity (Wildman–Crippen MR) is 60.5 cm³/mol. The highest BCUT2D eigenvalue weighted by Crippen LogP contribution is 2.28. The van der Waals surface area contributed by atoms with Crippen molar-refractivity contribution in [3.05, 3.63) is 0 Å². The summed E-state index contributed by atoms with van der Waals surface area (Å²) in [5.74, 6) is -0.808. The van der Waals surface area contributed by atoms with Gasteiger partial charge < -0.3 is 15.2 Å². The van der Waals surface area contributed by atoms with Crippen LogP contribution in [0.4, 0.5) is 0 Å². The topological polar surface area (TPSA) is 75.6 Å². The van der Waals surface area contributed by atoms with Crippen molar-refractivity contribution in [3.8, 4) is 0 Å². The van der Waals surface area contributed by atoms with Gasteiger partial charge in [0.25, 0.3) is 0 Å². The first-order chi connectivity index (χ1) is 8.11. The fourth-order valence-electron chi connectivity index (χ4n) is 2.73. The van der Waals surface area contributed by atoms with Crippen molar-refractivity contribution >= 4 is 11.9 Å². The summed E-state index contributed by atoms with van der Waals surface area (Å²) in [6.45, 7) is 0.843. The minimum Gasteiger partial charge on any atom is -0.481 e. The van der Waals surface area contributed by atoms with Crippen LogP contribution < -0.4 is 5.32 Å². The smallest absolute Gasteiger partial charge is 0.305 e. The lowest BCUT2D eigenvalue weighted by atomic mass is 9.93. The van der Waals surface area contributed by atoms with Crippen molar-refractivity contribution in [2.24, 2.45) is 5.92 Å². The predicted octanol–water partition coefficient (Wildman–Crippen LogP) is 0.927.